The first-order valence-corrected chi connectivity index (χ1v) is 14.9. The predicted molar refractivity (Wildman–Crippen MR) is 163 cm³/mol. The van der Waals surface area contributed by atoms with Gasteiger partial charge in [-0.3, -0.25) is 14.5 Å². The third-order valence-electron chi connectivity index (χ3n) is 8.08. The molecule has 43 heavy (non-hydrogen) atoms. The number of halogens is 1. The van der Waals surface area contributed by atoms with Crippen LogP contribution in [0.25, 0.3) is 0 Å². The second kappa shape index (κ2) is 13.7. The summed E-state index contributed by atoms with van der Waals surface area (Å²) in [4.78, 5) is 28.5. The van der Waals surface area contributed by atoms with E-state index < -0.39 is 23.8 Å². The van der Waals surface area contributed by atoms with Gasteiger partial charge in [-0.25, -0.2) is 0 Å². The molecule has 0 saturated carbocycles. The lowest BCUT2D eigenvalue weighted by atomic mass is 9.82. The number of aryl methyl sites for hydroxylation is 2. The topological polar surface area (TPSA) is 107 Å². The van der Waals surface area contributed by atoms with Crippen LogP contribution in [0.5, 0.6) is 17.2 Å². The third kappa shape index (κ3) is 6.74. The van der Waals surface area contributed by atoms with Crippen molar-refractivity contribution in [3.8, 4) is 17.2 Å². The molecule has 0 aromatic heterocycles. The molecule has 10 heteroatoms. The van der Waals surface area contributed by atoms with Gasteiger partial charge in [0.05, 0.1) is 12.5 Å². The van der Waals surface area contributed by atoms with Crippen LogP contribution in [0.2, 0.25) is 5.02 Å². The Morgan fingerprint density at radius 2 is 1.63 bits per heavy atom. The van der Waals surface area contributed by atoms with Crippen molar-refractivity contribution >= 4 is 29.2 Å². The van der Waals surface area contributed by atoms with E-state index in [1.807, 2.05) is 61.2 Å². The van der Waals surface area contributed by atoms with Crippen molar-refractivity contribution in [2.24, 2.45) is 5.92 Å². The quantitative estimate of drug-likeness (QED) is 0.267. The highest BCUT2D eigenvalue weighted by atomic mass is 35.5. The van der Waals surface area contributed by atoms with Gasteiger partial charge in [0.15, 0.2) is 18.3 Å². The number of rotatable bonds is 11. The Morgan fingerprint density at radius 1 is 0.977 bits per heavy atom. The van der Waals surface area contributed by atoms with E-state index in [9.17, 15) is 14.7 Å². The maximum atomic E-state index is 13.6. The summed E-state index contributed by atoms with van der Waals surface area (Å²) in [6.07, 6.45) is 1.42. The maximum absolute atomic E-state index is 13.6. The van der Waals surface area contributed by atoms with Gasteiger partial charge in [-0.15, -0.1) is 0 Å². The number of nitrogens with zero attached hydrogens (tertiary/aromatic N) is 1. The number of ether oxygens (including phenoxy) is 4. The molecule has 0 bridgehead atoms. The van der Waals surface area contributed by atoms with Crippen molar-refractivity contribution in [1.29, 1.82) is 0 Å². The summed E-state index contributed by atoms with van der Waals surface area (Å²) in [7, 11) is 1.54. The van der Waals surface area contributed by atoms with Crippen LogP contribution in [-0.4, -0.2) is 62.1 Å². The number of likely N-dealkylation sites (tertiary alicyclic amines) is 1. The van der Waals surface area contributed by atoms with Crippen molar-refractivity contribution < 1.29 is 33.6 Å². The van der Waals surface area contributed by atoms with Crippen LogP contribution in [0.4, 0.5) is 5.69 Å². The predicted octanol–water partition coefficient (Wildman–Crippen LogP) is 5.70. The van der Waals surface area contributed by atoms with Crippen molar-refractivity contribution in [1.82, 2.24) is 4.90 Å². The van der Waals surface area contributed by atoms with Gasteiger partial charge in [0, 0.05) is 36.3 Å². The molecule has 0 aliphatic carbocycles. The number of nitrogens with one attached hydrogen (secondary N) is 1. The first-order chi connectivity index (χ1) is 20.8. The molecule has 1 unspecified atom stereocenters. The number of hydrogen-bond donors (Lipinski definition) is 2. The van der Waals surface area contributed by atoms with Crippen molar-refractivity contribution in [2.45, 2.75) is 38.6 Å². The van der Waals surface area contributed by atoms with Crippen LogP contribution in [0.15, 0.2) is 54.6 Å². The maximum Gasteiger partial charge on any atom is 0.309 e. The number of hydrogen-bond acceptors (Lipinski definition) is 7. The lowest BCUT2D eigenvalue weighted by Gasteiger charge is -2.27. The largest absolute Gasteiger partial charge is 0.486 e. The fourth-order valence-corrected chi connectivity index (χ4v) is 6.38. The molecule has 0 radical (unpaired) electrons. The Balaban J connectivity index is 1.48. The fourth-order valence-electron chi connectivity index (χ4n) is 6.11. The summed E-state index contributed by atoms with van der Waals surface area (Å²) in [6, 6.07) is 16.1. The molecule has 2 aliphatic heterocycles. The van der Waals surface area contributed by atoms with E-state index in [0.29, 0.717) is 54.9 Å². The number of carbonyl (C=O) groups is 2. The zero-order valence-electron chi connectivity index (χ0n) is 24.6. The number of carboxylic acid groups (broad SMARTS) is 1. The third-order valence-corrected chi connectivity index (χ3v) is 8.30. The summed E-state index contributed by atoms with van der Waals surface area (Å²) in [5.74, 6) is -0.541. The van der Waals surface area contributed by atoms with Crippen LogP contribution in [0, 0.1) is 5.92 Å². The summed E-state index contributed by atoms with van der Waals surface area (Å²) >= 11 is 6.33. The molecule has 2 heterocycles. The average molecular weight is 609 g/mol. The standard InChI is InChI=1S/C33H37ClN2O7/c1-4-20-14-24(34)15-21(5-2)31(20)35-29(37)18-36-17-26(23-8-11-27-28(16-23)42-13-12-41-27)30(33(38)39)32(36)22-6-9-25(10-7-22)43-19-40-3/h6-11,14-16,26,30,32H,4-5,12-13,17-19H2,1-3H3,(H,35,37)(H,38,39)/t26-,30?,32+/m1/s1. The normalized spacial score (nSPS) is 19.7. The Kier molecular flexibility index (Phi) is 9.75. The van der Waals surface area contributed by atoms with Gasteiger partial charge in [0.2, 0.25) is 5.91 Å². The van der Waals surface area contributed by atoms with Crippen molar-refractivity contribution in [3.05, 3.63) is 81.9 Å². The number of amides is 1. The molecular formula is C33H37ClN2O7. The second-order valence-electron chi connectivity index (χ2n) is 10.7. The van der Waals surface area contributed by atoms with E-state index in [4.69, 9.17) is 30.5 Å². The molecule has 228 valence electrons. The summed E-state index contributed by atoms with van der Waals surface area (Å²) in [6.45, 7) is 5.41. The Hall–Kier alpha value is -3.79. The molecule has 0 spiro atoms. The average Bonchev–Trinajstić information content (AvgIpc) is 3.39. The van der Waals surface area contributed by atoms with E-state index >= 15 is 0 Å². The van der Waals surface area contributed by atoms with E-state index in [0.717, 1.165) is 27.9 Å². The minimum absolute atomic E-state index is 0.00631. The molecule has 1 amide bonds. The van der Waals surface area contributed by atoms with Gasteiger partial charge >= 0.3 is 5.97 Å². The summed E-state index contributed by atoms with van der Waals surface area (Å²) in [5, 5.41) is 14.4. The minimum atomic E-state index is -0.938. The summed E-state index contributed by atoms with van der Waals surface area (Å²) in [5.41, 5.74) is 4.29. The van der Waals surface area contributed by atoms with Crippen LogP contribution >= 0.6 is 11.6 Å². The number of carbonyl (C=O) groups excluding carboxylic acids is 1. The number of benzene rings is 3. The molecule has 2 aliphatic rings. The zero-order chi connectivity index (χ0) is 30.5. The fraction of sp³-hybridized carbons (Fsp3) is 0.394. The number of anilines is 1. The van der Waals surface area contributed by atoms with E-state index in [1.165, 1.54) is 0 Å². The Bertz CT molecular complexity index is 1440. The molecular weight excluding hydrogens is 572 g/mol. The molecule has 3 aromatic rings. The Morgan fingerprint density at radius 3 is 2.26 bits per heavy atom. The molecule has 2 N–H and O–H groups in total. The lowest BCUT2D eigenvalue weighted by Crippen LogP contribution is -2.35. The van der Waals surface area contributed by atoms with Crippen LogP contribution in [-0.2, 0) is 27.2 Å². The highest BCUT2D eigenvalue weighted by Gasteiger charge is 2.48. The number of aliphatic carboxylic acids is 1. The van der Waals surface area contributed by atoms with Gasteiger partial charge in [-0.1, -0.05) is 43.6 Å². The molecule has 1 saturated heterocycles. The number of methoxy groups -OCH3 is 1. The summed E-state index contributed by atoms with van der Waals surface area (Å²) < 4.78 is 22.0. The molecule has 1 fully saturated rings. The second-order valence-corrected chi connectivity index (χ2v) is 11.2. The molecule has 3 atom stereocenters. The Labute approximate surface area is 256 Å². The van der Waals surface area contributed by atoms with Gasteiger partial charge in [0.1, 0.15) is 19.0 Å². The first-order valence-electron chi connectivity index (χ1n) is 14.5. The van der Waals surface area contributed by atoms with Gasteiger partial charge in [0.25, 0.3) is 0 Å². The van der Waals surface area contributed by atoms with Gasteiger partial charge < -0.3 is 29.4 Å². The molecule has 9 nitrogen and oxygen atoms in total. The minimum Gasteiger partial charge on any atom is -0.486 e. The first kappa shape index (κ1) is 30.7. The van der Waals surface area contributed by atoms with Crippen LogP contribution in [0.3, 0.4) is 0 Å². The van der Waals surface area contributed by atoms with E-state index in [-0.39, 0.29) is 19.2 Å². The number of carboxylic acids is 1. The van der Waals surface area contributed by atoms with Crippen molar-refractivity contribution in [2.75, 3.05) is 45.5 Å². The van der Waals surface area contributed by atoms with Crippen LogP contribution < -0.4 is 19.5 Å². The SMILES string of the molecule is CCc1cc(Cl)cc(CC)c1NC(=O)CN1C[C@H](c2ccc3c(c2)OCCO3)C(C(=O)O)[C@@H]1c1ccc(OCOC)cc1. The highest BCUT2D eigenvalue weighted by Crippen LogP contribution is 2.47. The number of fused-ring (bicyclic) bond motifs is 1. The lowest BCUT2D eigenvalue weighted by molar-refractivity contribution is -0.143. The van der Waals surface area contributed by atoms with E-state index in [1.54, 1.807) is 19.2 Å². The van der Waals surface area contributed by atoms with Gasteiger partial charge in [-0.2, -0.15) is 0 Å². The van der Waals surface area contributed by atoms with Gasteiger partial charge in [-0.05, 0) is 71.5 Å². The smallest absolute Gasteiger partial charge is 0.309 e. The molecule has 5 rings (SSSR count). The highest BCUT2D eigenvalue weighted by molar-refractivity contribution is 6.30. The van der Waals surface area contributed by atoms with Crippen molar-refractivity contribution in [3.63, 3.8) is 0 Å². The monoisotopic (exact) mass is 608 g/mol. The van der Waals surface area contributed by atoms with E-state index in [2.05, 4.69) is 5.32 Å². The van der Waals surface area contributed by atoms with Crippen LogP contribution in [0.1, 0.15) is 48.1 Å². The zero-order valence-corrected chi connectivity index (χ0v) is 25.4. The molecule has 3 aromatic carbocycles.